The number of halogens is 1. The third-order valence-electron chi connectivity index (χ3n) is 3.95. The maximum Gasteiger partial charge on any atom is 0.131 e. The third kappa shape index (κ3) is 8.85. The number of hydrogen-bond donors (Lipinski definition) is 0. The molecule has 1 atom stereocenters. The maximum atomic E-state index is 14.2. The zero-order valence-corrected chi connectivity index (χ0v) is 15.8. The van der Waals surface area contributed by atoms with Gasteiger partial charge in [-0.1, -0.05) is 102 Å². The van der Waals surface area contributed by atoms with Crippen molar-refractivity contribution in [3.63, 3.8) is 0 Å². The fraction of sp³-hybridized carbons (Fsp3) is 0.250. The Labute approximate surface area is 153 Å². The van der Waals surface area contributed by atoms with Crippen LogP contribution in [0.1, 0.15) is 33.1 Å². The van der Waals surface area contributed by atoms with Crippen molar-refractivity contribution in [1.82, 2.24) is 0 Å². The Bertz CT molecular complexity index is 635. The Kier molecular flexibility index (Phi) is 10.9. The molecule has 0 aliphatic carbocycles. The third-order valence-corrected chi connectivity index (χ3v) is 3.95. The summed E-state index contributed by atoms with van der Waals surface area (Å²) in [6.45, 7) is 27.3. The van der Waals surface area contributed by atoms with E-state index in [1.54, 1.807) is 18.2 Å². The summed E-state index contributed by atoms with van der Waals surface area (Å²) in [7, 11) is 0. The standard InChI is InChI=1S/C24H31F/c1-9-11-13-18(3)19(4)15-16-20(5)22(7)17-24(25)23(8)21(6)14-12-10-2/h10,12,14-18H,2,4-9,11,13H2,1,3H3/b14-12-,16-15-,24-17+. The molecule has 1 heteroatoms. The molecule has 134 valence electrons. The molecule has 0 bridgehead atoms. The Morgan fingerprint density at radius 3 is 2.16 bits per heavy atom. The van der Waals surface area contributed by atoms with Crippen molar-refractivity contribution in [2.24, 2.45) is 5.92 Å². The van der Waals surface area contributed by atoms with Gasteiger partial charge >= 0.3 is 0 Å². The van der Waals surface area contributed by atoms with Crippen LogP contribution in [-0.2, 0) is 0 Å². The van der Waals surface area contributed by atoms with Gasteiger partial charge in [0.05, 0.1) is 0 Å². The molecule has 0 aromatic heterocycles. The minimum absolute atomic E-state index is 0.216. The van der Waals surface area contributed by atoms with Crippen molar-refractivity contribution in [2.75, 3.05) is 0 Å². The van der Waals surface area contributed by atoms with Gasteiger partial charge in [-0.3, -0.25) is 0 Å². The Morgan fingerprint density at radius 2 is 1.60 bits per heavy atom. The van der Waals surface area contributed by atoms with Crippen LogP contribution in [0.3, 0.4) is 0 Å². The number of allylic oxidation sites excluding steroid dienone is 12. The van der Waals surface area contributed by atoms with Gasteiger partial charge in [0.15, 0.2) is 0 Å². The monoisotopic (exact) mass is 338 g/mol. The summed E-state index contributed by atoms with van der Waals surface area (Å²) in [4.78, 5) is 0. The lowest BCUT2D eigenvalue weighted by atomic mass is 9.95. The van der Waals surface area contributed by atoms with Crippen LogP contribution in [-0.4, -0.2) is 0 Å². The predicted molar refractivity (Wildman–Crippen MR) is 112 cm³/mol. The van der Waals surface area contributed by atoms with Crippen LogP contribution in [0, 0.1) is 5.92 Å². The van der Waals surface area contributed by atoms with Gasteiger partial charge in [-0.15, -0.1) is 0 Å². The first-order valence-electron chi connectivity index (χ1n) is 8.54. The van der Waals surface area contributed by atoms with Gasteiger partial charge < -0.3 is 0 Å². The molecule has 0 aromatic rings. The second-order valence-corrected chi connectivity index (χ2v) is 6.09. The highest BCUT2D eigenvalue weighted by Crippen LogP contribution is 2.23. The first-order chi connectivity index (χ1) is 11.7. The van der Waals surface area contributed by atoms with Crippen LogP contribution in [0.4, 0.5) is 4.39 Å². The molecule has 1 unspecified atom stereocenters. The molecule has 0 radical (unpaired) electrons. The molecule has 0 saturated heterocycles. The molecule has 0 rings (SSSR count). The minimum Gasteiger partial charge on any atom is -0.206 e. The van der Waals surface area contributed by atoms with E-state index in [1.165, 1.54) is 18.9 Å². The van der Waals surface area contributed by atoms with Gasteiger partial charge in [-0.05, 0) is 35.1 Å². The molecule has 0 N–H and O–H groups in total. The van der Waals surface area contributed by atoms with Gasteiger partial charge in [-0.2, -0.15) is 0 Å². The van der Waals surface area contributed by atoms with Crippen LogP contribution in [0.2, 0.25) is 0 Å². The molecule has 0 saturated carbocycles. The van der Waals surface area contributed by atoms with E-state index in [-0.39, 0.29) is 5.57 Å². The normalized spacial score (nSPS) is 13.0. The van der Waals surface area contributed by atoms with Crippen molar-refractivity contribution in [2.45, 2.75) is 33.1 Å². The van der Waals surface area contributed by atoms with Gasteiger partial charge in [-0.25, -0.2) is 4.39 Å². The van der Waals surface area contributed by atoms with Crippen LogP contribution < -0.4 is 0 Å². The lowest BCUT2D eigenvalue weighted by Gasteiger charge is -2.11. The Balaban J connectivity index is 4.86. The zero-order chi connectivity index (χ0) is 19.4. The maximum absolute atomic E-state index is 14.2. The summed E-state index contributed by atoms with van der Waals surface area (Å²) in [5, 5.41) is 0. The van der Waals surface area contributed by atoms with Crippen LogP contribution in [0.25, 0.3) is 0 Å². The van der Waals surface area contributed by atoms with Crippen LogP contribution >= 0.6 is 0 Å². The molecule has 0 spiro atoms. The summed E-state index contributed by atoms with van der Waals surface area (Å²) in [5.41, 5.74) is 2.87. The fourth-order valence-electron chi connectivity index (χ4n) is 1.95. The summed E-state index contributed by atoms with van der Waals surface area (Å²) in [5.74, 6) is -0.0577. The first kappa shape index (κ1) is 22.6. The molecule has 0 amide bonds. The zero-order valence-electron chi connectivity index (χ0n) is 15.8. The second-order valence-electron chi connectivity index (χ2n) is 6.09. The topological polar surface area (TPSA) is 0 Å². The number of unbranched alkanes of at least 4 members (excludes halogenated alkanes) is 1. The quantitative estimate of drug-likeness (QED) is 0.319. The van der Waals surface area contributed by atoms with Crippen molar-refractivity contribution >= 4 is 0 Å². The summed E-state index contributed by atoms with van der Waals surface area (Å²) >= 11 is 0. The molecule has 0 fully saturated rings. The highest BCUT2D eigenvalue weighted by molar-refractivity contribution is 5.52. The van der Waals surface area contributed by atoms with Gasteiger partial charge in [0.25, 0.3) is 0 Å². The summed E-state index contributed by atoms with van der Waals surface area (Å²) < 4.78 is 14.2. The molecule has 0 aliphatic rings. The van der Waals surface area contributed by atoms with E-state index in [0.717, 1.165) is 12.0 Å². The van der Waals surface area contributed by atoms with E-state index in [4.69, 9.17) is 0 Å². The first-order valence-corrected chi connectivity index (χ1v) is 8.54. The fourth-order valence-corrected chi connectivity index (χ4v) is 1.95. The Hall–Kier alpha value is -2.41. The van der Waals surface area contributed by atoms with Crippen molar-refractivity contribution < 1.29 is 4.39 Å². The average Bonchev–Trinajstić information content (AvgIpc) is 2.60. The van der Waals surface area contributed by atoms with Crippen molar-refractivity contribution in [3.05, 3.63) is 110 Å². The van der Waals surface area contributed by atoms with E-state index >= 15 is 0 Å². The van der Waals surface area contributed by atoms with Gasteiger partial charge in [0.1, 0.15) is 5.83 Å². The van der Waals surface area contributed by atoms with E-state index in [1.807, 2.05) is 12.2 Å². The molecule has 0 nitrogen and oxygen atoms in total. The largest absolute Gasteiger partial charge is 0.206 e. The van der Waals surface area contributed by atoms with Crippen LogP contribution in [0.5, 0.6) is 0 Å². The van der Waals surface area contributed by atoms with E-state index < -0.39 is 5.83 Å². The van der Waals surface area contributed by atoms with Gasteiger partial charge in [0, 0.05) is 5.57 Å². The predicted octanol–water partition coefficient (Wildman–Crippen LogP) is 7.75. The van der Waals surface area contributed by atoms with E-state index in [2.05, 4.69) is 53.3 Å². The smallest absolute Gasteiger partial charge is 0.131 e. The van der Waals surface area contributed by atoms with Crippen LogP contribution in [0.15, 0.2) is 110 Å². The molecule has 0 heterocycles. The second kappa shape index (κ2) is 12.0. The van der Waals surface area contributed by atoms with Crippen molar-refractivity contribution in [1.29, 1.82) is 0 Å². The van der Waals surface area contributed by atoms with E-state index in [0.29, 0.717) is 22.6 Å². The molecular formula is C24H31F. The van der Waals surface area contributed by atoms with Crippen molar-refractivity contribution in [3.8, 4) is 0 Å². The summed E-state index contributed by atoms with van der Waals surface area (Å²) in [6.07, 6.45) is 13.5. The highest BCUT2D eigenvalue weighted by atomic mass is 19.1. The number of rotatable bonds is 12. The van der Waals surface area contributed by atoms with Gasteiger partial charge in [0.2, 0.25) is 0 Å². The lowest BCUT2D eigenvalue weighted by molar-refractivity contribution is 0.582. The van der Waals surface area contributed by atoms with E-state index in [9.17, 15) is 4.39 Å². The lowest BCUT2D eigenvalue weighted by Crippen LogP contribution is -1.96. The molecule has 0 aromatic carbocycles. The molecule has 0 aliphatic heterocycles. The SMILES string of the molecule is C=C/C=C\C(=C)C(=C)/C(F)=C\C(=C)C(=C)/C=C\C(=C)C(C)CCCC. The minimum atomic E-state index is -0.478. The highest BCUT2D eigenvalue weighted by Gasteiger charge is 2.06. The average molecular weight is 339 g/mol. The Morgan fingerprint density at radius 1 is 0.960 bits per heavy atom. The number of hydrogen-bond acceptors (Lipinski definition) is 0. The summed E-state index contributed by atoms with van der Waals surface area (Å²) in [6, 6.07) is 0. The molecular weight excluding hydrogens is 307 g/mol. The molecule has 25 heavy (non-hydrogen) atoms.